The molecule has 2 aromatic rings. The molecule has 1 saturated heterocycles. The van der Waals surface area contributed by atoms with Crippen LogP contribution >= 0.6 is 12.4 Å². The number of benzene rings is 1. The summed E-state index contributed by atoms with van der Waals surface area (Å²) in [5.74, 6) is 1.17. The number of ketones is 1. The van der Waals surface area contributed by atoms with Crippen molar-refractivity contribution in [3.05, 3.63) is 41.0 Å². The fraction of sp³-hybridized carbons (Fsp3) is 0.542. The van der Waals surface area contributed by atoms with Gasteiger partial charge in [-0.15, -0.1) is 12.4 Å². The molecular weight excluding hydrogens is 538 g/mol. The summed E-state index contributed by atoms with van der Waals surface area (Å²) in [4.78, 5) is 20.0. The van der Waals surface area contributed by atoms with Gasteiger partial charge in [-0.25, -0.2) is 18.1 Å². The average molecular weight is 578 g/mol. The summed E-state index contributed by atoms with van der Waals surface area (Å²) < 4.78 is 35.8. The third-order valence-electron chi connectivity index (χ3n) is 6.36. The number of imidazole rings is 1. The van der Waals surface area contributed by atoms with Crippen LogP contribution in [0.15, 0.2) is 28.2 Å². The van der Waals surface area contributed by atoms with Crippen molar-refractivity contribution >= 4 is 33.9 Å². The molecule has 12 nitrogen and oxygen atoms in total. The van der Waals surface area contributed by atoms with Gasteiger partial charge in [-0.2, -0.15) is 9.41 Å². The lowest BCUT2D eigenvalue weighted by atomic mass is 10.0. The molecule has 6 N–H and O–H groups in total. The molecule has 0 aliphatic carbocycles. The smallest absolute Gasteiger partial charge is 0.243 e. The molecular formula is C24H40ClN5O7S. The van der Waals surface area contributed by atoms with E-state index in [2.05, 4.69) is 16.8 Å². The van der Waals surface area contributed by atoms with Crippen LogP contribution in [0.2, 0.25) is 0 Å². The predicted molar refractivity (Wildman–Crippen MR) is 148 cm³/mol. The lowest BCUT2D eigenvalue weighted by molar-refractivity contribution is 0.0987. The zero-order chi connectivity index (χ0) is 24.5. The van der Waals surface area contributed by atoms with Crippen molar-refractivity contribution in [2.24, 2.45) is 5.10 Å². The van der Waals surface area contributed by atoms with Crippen LogP contribution in [-0.2, 0) is 16.4 Å². The normalized spacial score (nSPS) is 15.7. The molecule has 0 saturated carbocycles. The van der Waals surface area contributed by atoms with Gasteiger partial charge in [0, 0.05) is 38.2 Å². The first-order valence-electron chi connectivity index (χ1n) is 12.0. The Morgan fingerprint density at radius 3 is 2.26 bits per heavy atom. The van der Waals surface area contributed by atoms with Gasteiger partial charge in [0.15, 0.2) is 5.78 Å². The second-order valence-corrected chi connectivity index (χ2v) is 10.5. The minimum Gasteiger partial charge on any atom is -0.493 e. The summed E-state index contributed by atoms with van der Waals surface area (Å²) in [6.07, 6.45) is 1.64. The van der Waals surface area contributed by atoms with Crippen LogP contribution in [0, 0.1) is 6.92 Å². The van der Waals surface area contributed by atoms with Gasteiger partial charge in [0.1, 0.15) is 17.3 Å². The zero-order valence-corrected chi connectivity index (χ0v) is 23.9. The van der Waals surface area contributed by atoms with Gasteiger partial charge in [0.2, 0.25) is 10.0 Å². The monoisotopic (exact) mass is 577 g/mol. The first-order chi connectivity index (χ1) is 16.3. The summed E-state index contributed by atoms with van der Waals surface area (Å²) in [7, 11) is -3.68. The fourth-order valence-corrected chi connectivity index (χ4v) is 5.99. The van der Waals surface area contributed by atoms with Gasteiger partial charge in [0.05, 0.1) is 29.3 Å². The molecule has 1 fully saturated rings. The van der Waals surface area contributed by atoms with E-state index >= 15 is 0 Å². The van der Waals surface area contributed by atoms with Crippen molar-refractivity contribution in [1.82, 2.24) is 18.9 Å². The van der Waals surface area contributed by atoms with E-state index in [9.17, 15) is 13.2 Å². The molecule has 1 aromatic heterocycles. The third kappa shape index (κ3) is 6.78. The van der Waals surface area contributed by atoms with Crippen molar-refractivity contribution in [2.75, 3.05) is 39.3 Å². The standard InChI is InChI=1S/C24H33N5O4S.ClH.3H2O/c1-5-8-23-25-17(4)24-21(30)16-20(26-29(23)24)19-15-18(9-10-22(19)33-7-3)34(31,32)28-13-11-27(6-2)12-14-28;;;;/h9-10,15H,5-8,11-14,16H2,1-4H3;1H;3*1H2. The highest BCUT2D eigenvalue weighted by Gasteiger charge is 2.31. The van der Waals surface area contributed by atoms with Crippen LogP contribution in [0.1, 0.15) is 61.2 Å². The quantitative estimate of drug-likeness (QED) is 0.442. The molecule has 0 radical (unpaired) electrons. The number of ether oxygens (including phenoxy) is 1. The third-order valence-corrected chi connectivity index (χ3v) is 8.25. The number of fused-ring (bicyclic) bond motifs is 1. The lowest BCUT2D eigenvalue weighted by Crippen LogP contribution is -2.48. The Balaban J connectivity index is 0.00000342. The molecule has 0 bridgehead atoms. The van der Waals surface area contributed by atoms with Crippen LogP contribution in [0.3, 0.4) is 0 Å². The van der Waals surface area contributed by atoms with Crippen molar-refractivity contribution in [2.45, 2.75) is 51.9 Å². The van der Waals surface area contributed by atoms with Gasteiger partial charge in [0.25, 0.3) is 0 Å². The maximum Gasteiger partial charge on any atom is 0.243 e. The lowest BCUT2D eigenvalue weighted by Gasteiger charge is -2.33. The number of carbonyl (C=O) groups is 1. The number of Topliss-reactive ketones (excluding diaryl/α,β-unsaturated/α-hetero) is 1. The molecule has 2 aliphatic rings. The van der Waals surface area contributed by atoms with Crippen molar-refractivity contribution < 1.29 is 34.4 Å². The molecule has 14 heteroatoms. The number of hydrogen-bond acceptors (Lipinski definition) is 7. The van der Waals surface area contributed by atoms with E-state index in [1.165, 1.54) is 4.31 Å². The number of rotatable bonds is 8. The molecule has 3 heterocycles. The molecule has 0 atom stereocenters. The van der Waals surface area contributed by atoms with Crippen LogP contribution in [0.5, 0.6) is 5.75 Å². The molecule has 216 valence electrons. The Morgan fingerprint density at radius 1 is 1.03 bits per heavy atom. The number of aromatic nitrogens is 2. The van der Waals surface area contributed by atoms with E-state index in [0.717, 1.165) is 18.8 Å². The second-order valence-electron chi connectivity index (χ2n) is 8.60. The molecule has 0 amide bonds. The number of nitrogens with zero attached hydrogens (tertiary/aromatic N) is 5. The number of likely N-dealkylation sites (N-methyl/N-ethyl adjacent to an activating group) is 1. The van der Waals surface area contributed by atoms with Crippen LogP contribution in [0.25, 0.3) is 0 Å². The van der Waals surface area contributed by atoms with E-state index < -0.39 is 10.0 Å². The maximum atomic E-state index is 13.4. The first kappa shape index (κ1) is 35.6. The number of halogens is 1. The summed E-state index contributed by atoms with van der Waals surface area (Å²) in [6.45, 7) is 11.5. The number of aryl methyl sites for hydroxylation is 2. The first-order valence-corrected chi connectivity index (χ1v) is 13.4. The minimum absolute atomic E-state index is 0. The van der Waals surface area contributed by atoms with Gasteiger partial charge >= 0.3 is 0 Å². The molecule has 0 spiro atoms. The minimum atomic E-state index is -3.68. The summed E-state index contributed by atoms with van der Waals surface area (Å²) in [5.41, 5.74) is 2.19. The summed E-state index contributed by atoms with van der Waals surface area (Å²) in [6, 6.07) is 4.85. The maximum absolute atomic E-state index is 13.4. The number of piperazine rings is 1. The van der Waals surface area contributed by atoms with Crippen molar-refractivity contribution in [3.8, 4) is 5.75 Å². The highest BCUT2D eigenvalue weighted by Crippen LogP contribution is 2.30. The molecule has 4 rings (SSSR count). The van der Waals surface area contributed by atoms with Crippen LogP contribution < -0.4 is 4.74 Å². The Labute approximate surface area is 230 Å². The molecule has 38 heavy (non-hydrogen) atoms. The van der Waals surface area contributed by atoms with E-state index in [1.54, 1.807) is 22.9 Å². The van der Waals surface area contributed by atoms with Crippen LogP contribution in [0.4, 0.5) is 0 Å². The Morgan fingerprint density at radius 2 is 1.68 bits per heavy atom. The Hall–Kier alpha value is -2.39. The SMILES string of the molecule is CCCc1nc(C)c2n1N=C(c1cc(S(=O)(=O)N3CCN(CC)CC3)ccc1OCC)CC2=O.Cl.O.O.O. The summed E-state index contributed by atoms with van der Waals surface area (Å²) in [5, 5.41) is 4.76. The average Bonchev–Trinajstić information content (AvgIpc) is 3.15. The number of hydrogen-bond donors (Lipinski definition) is 0. The van der Waals surface area contributed by atoms with Crippen LogP contribution in [-0.4, -0.2) is 94.5 Å². The Kier molecular flexibility index (Phi) is 13.8. The van der Waals surface area contributed by atoms with E-state index in [4.69, 9.17) is 9.84 Å². The van der Waals surface area contributed by atoms with Crippen molar-refractivity contribution in [1.29, 1.82) is 0 Å². The van der Waals surface area contributed by atoms with Gasteiger partial charge in [-0.05, 0) is 45.0 Å². The van der Waals surface area contributed by atoms with Gasteiger partial charge in [-0.3, -0.25) is 4.79 Å². The molecule has 0 unspecified atom stereocenters. The molecule has 2 aliphatic heterocycles. The largest absolute Gasteiger partial charge is 0.493 e. The topological polar surface area (TPSA) is 192 Å². The van der Waals surface area contributed by atoms with E-state index in [0.29, 0.717) is 67.6 Å². The highest BCUT2D eigenvalue weighted by molar-refractivity contribution is 7.89. The zero-order valence-electron chi connectivity index (χ0n) is 22.3. The predicted octanol–water partition coefficient (Wildman–Crippen LogP) is 0.655. The highest BCUT2D eigenvalue weighted by atomic mass is 35.5. The summed E-state index contributed by atoms with van der Waals surface area (Å²) >= 11 is 0. The second kappa shape index (κ2) is 14.7. The van der Waals surface area contributed by atoms with Gasteiger partial charge in [-0.1, -0.05) is 13.8 Å². The molecule has 1 aromatic carbocycles. The number of sulfonamides is 1. The fourth-order valence-electron chi connectivity index (χ4n) is 4.54. The number of carbonyl (C=O) groups excluding carboxylic acids is 1. The Bertz CT molecular complexity index is 1220. The van der Waals surface area contributed by atoms with Gasteiger partial charge < -0.3 is 26.1 Å². The van der Waals surface area contributed by atoms with E-state index in [-0.39, 0.29) is 45.9 Å². The van der Waals surface area contributed by atoms with E-state index in [1.807, 2.05) is 20.8 Å². The van der Waals surface area contributed by atoms with Crippen molar-refractivity contribution in [3.63, 3.8) is 0 Å².